The molecule has 4 rings (SSSR count). The SMILES string of the molecule is CC(=O)N[C@@H]1CCN(c2cc3c(NC(C)c4cc(Br)ccc4C)nc(C)nc3cn2)C1. The van der Waals surface area contributed by atoms with E-state index in [0.717, 1.165) is 46.5 Å². The van der Waals surface area contributed by atoms with Crippen LogP contribution in [0.15, 0.2) is 34.9 Å². The van der Waals surface area contributed by atoms with E-state index in [1.807, 2.05) is 19.2 Å². The molecule has 8 heteroatoms. The number of pyridine rings is 1. The van der Waals surface area contributed by atoms with Crippen molar-refractivity contribution in [1.29, 1.82) is 0 Å². The number of benzene rings is 1. The molecule has 0 spiro atoms. The first-order valence-electron chi connectivity index (χ1n) is 10.5. The zero-order valence-electron chi connectivity index (χ0n) is 18.2. The van der Waals surface area contributed by atoms with Crippen LogP contribution in [0.5, 0.6) is 0 Å². The van der Waals surface area contributed by atoms with E-state index in [9.17, 15) is 4.79 Å². The van der Waals surface area contributed by atoms with Crippen molar-refractivity contribution in [3.05, 3.63) is 51.9 Å². The zero-order valence-corrected chi connectivity index (χ0v) is 19.8. The average Bonchev–Trinajstić information content (AvgIpc) is 3.17. The van der Waals surface area contributed by atoms with Gasteiger partial charge in [0.25, 0.3) is 0 Å². The van der Waals surface area contributed by atoms with Crippen molar-refractivity contribution >= 4 is 44.4 Å². The van der Waals surface area contributed by atoms with Gasteiger partial charge in [-0.1, -0.05) is 22.0 Å². The molecule has 2 aromatic heterocycles. The van der Waals surface area contributed by atoms with Gasteiger partial charge in [0, 0.05) is 35.9 Å². The van der Waals surface area contributed by atoms with Gasteiger partial charge >= 0.3 is 0 Å². The Morgan fingerprint density at radius 3 is 2.84 bits per heavy atom. The van der Waals surface area contributed by atoms with Crippen molar-refractivity contribution in [3.8, 4) is 0 Å². The molecule has 1 fully saturated rings. The van der Waals surface area contributed by atoms with Crippen molar-refractivity contribution in [2.75, 3.05) is 23.3 Å². The number of nitrogens with zero attached hydrogens (tertiary/aromatic N) is 4. The summed E-state index contributed by atoms with van der Waals surface area (Å²) >= 11 is 3.57. The Hall–Kier alpha value is -2.74. The second-order valence-corrected chi connectivity index (χ2v) is 9.09. The van der Waals surface area contributed by atoms with Crippen LogP contribution in [0.4, 0.5) is 11.6 Å². The standard InChI is InChI=1S/C23H27BrN6O/c1-13-5-6-17(24)9-19(13)14(2)26-23-20-10-22(25-11-21(20)27-15(3)28-23)30-8-7-18(12-30)29-16(4)31/h5-6,9-11,14,18H,7-8,12H2,1-4H3,(H,29,31)(H,26,27,28)/t14?,18-/m1/s1. The van der Waals surface area contributed by atoms with Crippen molar-refractivity contribution in [2.45, 2.75) is 46.2 Å². The second kappa shape index (κ2) is 8.78. The number of nitrogens with one attached hydrogen (secondary N) is 2. The Morgan fingerprint density at radius 2 is 2.06 bits per heavy atom. The van der Waals surface area contributed by atoms with Crippen molar-refractivity contribution in [1.82, 2.24) is 20.3 Å². The molecule has 31 heavy (non-hydrogen) atoms. The summed E-state index contributed by atoms with van der Waals surface area (Å²) in [7, 11) is 0. The monoisotopic (exact) mass is 482 g/mol. The normalized spacial score (nSPS) is 17.1. The summed E-state index contributed by atoms with van der Waals surface area (Å²) in [5.41, 5.74) is 3.25. The van der Waals surface area contributed by atoms with Gasteiger partial charge in [-0.25, -0.2) is 15.0 Å². The highest BCUT2D eigenvalue weighted by Crippen LogP contribution is 2.30. The quantitative estimate of drug-likeness (QED) is 0.564. The van der Waals surface area contributed by atoms with Crippen LogP contribution >= 0.6 is 15.9 Å². The lowest BCUT2D eigenvalue weighted by Gasteiger charge is -2.21. The molecule has 1 aliphatic heterocycles. The lowest BCUT2D eigenvalue weighted by molar-refractivity contribution is -0.119. The predicted octanol–water partition coefficient (Wildman–Crippen LogP) is 4.29. The highest BCUT2D eigenvalue weighted by molar-refractivity contribution is 9.10. The number of rotatable bonds is 5. The summed E-state index contributed by atoms with van der Waals surface area (Å²) in [6, 6.07) is 8.58. The van der Waals surface area contributed by atoms with Gasteiger partial charge in [-0.05, 0) is 56.5 Å². The fourth-order valence-electron chi connectivity index (χ4n) is 4.15. The molecule has 0 bridgehead atoms. The summed E-state index contributed by atoms with van der Waals surface area (Å²) in [5.74, 6) is 2.39. The molecule has 1 unspecified atom stereocenters. The highest BCUT2D eigenvalue weighted by atomic mass is 79.9. The van der Waals surface area contributed by atoms with E-state index in [1.165, 1.54) is 11.1 Å². The lowest BCUT2D eigenvalue weighted by atomic mass is 10.0. The van der Waals surface area contributed by atoms with Crippen molar-refractivity contribution in [3.63, 3.8) is 0 Å². The third-order valence-corrected chi connectivity index (χ3v) is 6.15. The van der Waals surface area contributed by atoms with Crippen molar-refractivity contribution in [2.24, 2.45) is 0 Å². The molecule has 7 nitrogen and oxygen atoms in total. The highest BCUT2D eigenvalue weighted by Gasteiger charge is 2.24. The van der Waals surface area contributed by atoms with Crippen LogP contribution in [0.3, 0.4) is 0 Å². The van der Waals surface area contributed by atoms with Gasteiger partial charge in [0.15, 0.2) is 0 Å². The fraction of sp³-hybridized carbons (Fsp3) is 0.391. The summed E-state index contributed by atoms with van der Waals surface area (Å²) in [4.78, 5) is 27.5. The van der Waals surface area contributed by atoms with E-state index in [-0.39, 0.29) is 18.0 Å². The smallest absolute Gasteiger partial charge is 0.217 e. The summed E-state index contributed by atoms with van der Waals surface area (Å²) in [6.45, 7) is 9.31. The van der Waals surface area contributed by atoms with Crippen LogP contribution in [0.1, 0.15) is 43.3 Å². The van der Waals surface area contributed by atoms with E-state index in [4.69, 9.17) is 4.98 Å². The van der Waals surface area contributed by atoms with Gasteiger partial charge in [-0.3, -0.25) is 4.79 Å². The molecule has 2 N–H and O–H groups in total. The van der Waals surface area contributed by atoms with E-state index < -0.39 is 0 Å². The molecule has 3 heterocycles. The summed E-state index contributed by atoms with van der Waals surface area (Å²) in [6.07, 6.45) is 2.72. The fourth-order valence-corrected chi connectivity index (χ4v) is 4.53. The van der Waals surface area contributed by atoms with E-state index >= 15 is 0 Å². The lowest BCUT2D eigenvalue weighted by Crippen LogP contribution is -2.35. The molecular weight excluding hydrogens is 456 g/mol. The van der Waals surface area contributed by atoms with Crippen LogP contribution in [-0.2, 0) is 4.79 Å². The first kappa shape index (κ1) is 21.5. The Balaban J connectivity index is 1.65. The third-order valence-electron chi connectivity index (χ3n) is 5.66. The molecule has 1 aliphatic rings. The number of aromatic nitrogens is 3. The topological polar surface area (TPSA) is 83.0 Å². The first-order chi connectivity index (χ1) is 14.8. The van der Waals surface area contributed by atoms with Gasteiger partial charge in [-0.2, -0.15) is 0 Å². The van der Waals surface area contributed by atoms with E-state index in [1.54, 1.807) is 6.92 Å². The number of aryl methyl sites for hydroxylation is 2. The molecule has 162 valence electrons. The predicted molar refractivity (Wildman–Crippen MR) is 127 cm³/mol. The number of hydrogen-bond donors (Lipinski definition) is 2. The molecule has 1 saturated heterocycles. The Bertz CT molecular complexity index is 1130. The maximum atomic E-state index is 11.4. The number of carbonyl (C=O) groups is 1. The van der Waals surface area contributed by atoms with Gasteiger partial charge < -0.3 is 15.5 Å². The van der Waals surface area contributed by atoms with Crippen molar-refractivity contribution < 1.29 is 4.79 Å². The van der Waals surface area contributed by atoms with Crippen LogP contribution in [-0.4, -0.2) is 40.0 Å². The number of fused-ring (bicyclic) bond motifs is 1. The van der Waals surface area contributed by atoms with Gasteiger partial charge in [-0.15, -0.1) is 0 Å². The van der Waals surface area contributed by atoms with Crippen LogP contribution in [0, 0.1) is 13.8 Å². The molecule has 2 atom stereocenters. The molecule has 0 aliphatic carbocycles. The minimum atomic E-state index is 0.00510. The van der Waals surface area contributed by atoms with Crippen LogP contribution in [0.2, 0.25) is 0 Å². The number of anilines is 2. The van der Waals surface area contributed by atoms with E-state index in [2.05, 4.69) is 73.5 Å². The zero-order chi connectivity index (χ0) is 22.1. The Morgan fingerprint density at radius 1 is 1.26 bits per heavy atom. The Kier molecular flexibility index (Phi) is 6.09. The molecule has 3 aromatic rings. The number of halogens is 1. The second-order valence-electron chi connectivity index (χ2n) is 8.18. The maximum absolute atomic E-state index is 11.4. The average molecular weight is 483 g/mol. The first-order valence-corrected chi connectivity index (χ1v) is 11.3. The minimum Gasteiger partial charge on any atom is -0.363 e. The minimum absolute atomic E-state index is 0.00510. The number of amides is 1. The van der Waals surface area contributed by atoms with E-state index in [0.29, 0.717) is 5.82 Å². The van der Waals surface area contributed by atoms with Crippen LogP contribution in [0.25, 0.3) is 10.9 Å². The van der Waals surface area contributed by atoms with Gasteiger partial charge in [0.2, 0.25) is 5.91 Å². The maximum Gasteiger partial charge on any atom is 0.217 e. The summed E-state index contributed by atoms with van der Waals surface area (Å²) in [5, 5.41) is 7.53. The molecule has 1 amide bonds. The number of hydrogen-bond acceptors (Lipinski definition) is 6. The molecule has 1 aromatic carbocycles. The van der Waals surface area contributed by atoms with Gasteiger partial charge in [0.1, 0.15) is 17.5 Å². The molecule has 0 saturated carbocycles. The van der Waals surface area contributed by atoms with Crippen LogP contribution < -0.4 is 15.5 Å². The largest absolute Gasteiger partial charge is 0.363 e. The third kappa shape index (κ3) is 4.79. The molecule has 0 radical (unpaired) electrons. The summed E-state index contributed by atoms with van der Waals surface area (Å²) < 4.78 is 1.06. The molecular formula is C23H27BrN6O. The van der Waals surface area contributed by atoms with Gasteiger partial charge in [0.05, 0.1) is 17.8 Å². The number of carbonyl (C=O) groups excluding carboxylic acids is 1. The Labute approximate surface area is 190 Å².